The lowest BCUT2D eigenvalue weighted by Crippen LogP contribution is -2.15. The van der Waals surface area contributed by atoms with Crippen LogP contribution in [0.5, 0.6) is 17.2 Å². The van der Waals surface area contributed by atoms with Gasteiger partial charge in [-0.05, 0) is 18.9 Å². The predicted molar refractivity (Wildman–Crippen MR) is 79.5 cm³/mol. The molecule has 0 aromatic heterocycles. The van der Waals surface area contributed by atoms with Crippen LogP contribution < -0.4 is 14.2 Å². The Morgan fingerprint density at radius 1 is 1.18 bits per heavy atom. The van der Waals surface area contributed by atoms with Gasteiger partial charge in [-0.25, -0.2) is 0 Å². The maximum absolute atomic E-state index is 11.4. The molecule has 6 nitrogen and oxygen atoms in total. The molecule has 1 aliphatic rings. The summed E-state index contributed by atoms with van der Waals surface area (Å²) in [5.74, 6) is 1.18. The number of benzene rings is 1. The average Bonchev–Trinajstić information content (AvgIpc) is 2.64. The van der Waals surface area contributed by atoms with Crippen molar-refractivity contribution in [3.05, 3.63) is 17.2 Å². The van der Waals surface area contributed by atoms with E-state index >= 15 is 0 Å². The van der Waals surface area contributed by atoms with Crippen LogP contribution in [0, 0.1) is 0 Å². The third-order valence-electron chi connectivity index (χ3n) is 3.84. The molecular formula is C16H22O6. The largest absolute Gasteiger partial charge is 0.493 e. The molecule has 1 aromatic carbocycles. The molecule has 2 atom stereocenters. The lowest BCUT2D eigenvalue weighted by atomic mass is 9.98. The Kier molecular flexibility index (Phi) is 5.13. The van der Waals surface area contributed by atoms with Crippen LogP contribution in [-0.4, -0.2) is 38.5 Å². The lowest BCUT2D eigenvalue weighted by molar-refractivity contribution is -0.148. The smallest absolute Gasteiger partial charge is 0.303 e. The molecule has 0 saturated heterocycles. The molecule has 122 valence electrons. The second kappa shape index (κ2) is 6.87. The number of fused-ring (bicyclic) bond motifs is 1. The van der Waals surface area contributed by atoms with Gasteiger partial charge >= 0.3 is 5.97 Å². The fourth-order valence-corrected chi connectivity index (χ4v) is 2.89. The van der Waals surface area contributed by atoms with E-state index in [1.54, 1.807) is 20.3 Å². The maximum Gasteiger partial charge on any atom is 0.303 e. The van der Waals surface area contributed by atoms with E-state index < -0.39 is 12.2 Å². The SMILES string of the molecule is COc1cc2c(c(OC)c1OC)CC[C@H](O)CC2OC(C)=O. The number of aliphatic hydroxyl groups excluding tert-OH is 1. The van der Waals surface area contributed by atoms with Gasteiger partial charge in [-0.1, -0.05) is 0 Å². The topological polar surface area (TPSA) is 74.2 Å². The Morgan fingerprint density at radius 3 is 2.41 bits per heavy atom. The minimum Gasteiger partial charge on any atom is -0.493 e. The van der Waals surface area contributed by atoms with Gasteiger partial charge in [0.15, 0.2) is 11.5 Å². The van der Waals surface area contributed by atoms with Crippen molar-refractivity contribution in [1.82, 2.24) is 0 Å². The quantitative estimate of drug-likeness (QED) is 0.677. The highest BCUT2D eigenvalue weighted by molar-refractivity contribution is 5.67. The molecule has 0 fully saturated rings. The minimum atomic E-state index is -0.543. The molecule has 0 heterocycles. The summed E-state index contributed by atoms with van der Waals surface area (Å²) in [5.41, 5.74) is 1.67. The highest BCUT2D eigenvalue weighted by Gasteiger charge is 2.31. The summed E-state index contributed by atoms with van der Waals surface area (Å²) < 4.78 is 21.6. The van der Waals surface area contributed by atoms with E-state index in [9.17, 15) is 9.90 Å². The Balaban J connectivity index is 2.62. The summed E-state index contributed by atoms with van der Waals surface area (Å²) in [6.45, 7) is 1.36. The van der Waals surface area contributed by atoms with E-state index in [1.165, 1.54) is 14.0 Å². The van der Waals surface area contributed by atoms with Crippen molar-refractivity contribution in [3.8, 4) is 17.2 Å². The summed E-state index contributed by atoms with van der Waals surface area (Å²) in [4.78, 5) is 11.4. The molecule has 0 bridgehead atoms. The van der Waals surface area contributed by atoms with E-state index in [0.717, 1.165) is 11.1 Å². The van der Waals surface area contributed by atoms with Crippen LogP contribution >= 0.6 is 0 Å². The van der Waals surface area contributed by atoms with Gasteiger partial charge in [-0.15, -0.1) is 0 Å². The first-order valence-corrected chi connectivity index (χ1v) is 7.18. The Labute approximate surface area is 129 Å². The molecule has 0 radical (unpaired) electrons. The summed E-state index contributed by atoms with van der Waals surface area (Å²) in [6, 6.07) is 1.79. The fraction of sp³-hybridized carbons (Fsp3) is 0.562. The first kappa shape index (κ1) is 16.4. The van der Waals surface area contributed by atoms with Gasteiger partial charge < -0.3 is 24.1 Å². The second-order valence-corrected chi connectivity index (χ2v) is 5.24. The third kappa shape index (κ3) is 3.11. The van der Waals surface area contributed by atoms with E-state index in [2.05, 4.69) is 0 Å². The number of ether oxygens (including phenoxy) is 4. The number of rotatable bonds is 4. The Hall–Kier alpha value is -1.95. The number of methoxy groups -OCH3 is 3. The zero-order chi connectivity index (χ0) is 16.3. The normalized spacial score (nSPS) is 20.6. The molecule has 1 aliphatic carbocycles. The molecule has 0 amide bonds. The highest BCUT2D eigenvalue weighted by Crippen LogP contribution is 2.46. The van der Waals surface area contributed by atoms with E-state index in [1.807, 2.05) is 0 Å². The van der Waals surface area contributed by atoms with E-state index in [0.29, 0.717) is 36.5 Å². The van der Waals surface area contributed by atoms with Crippen LogP contribution in [0.2, 0.25) is 0 Å². The van der Waals surface area contributed by atoms with Crippen LogP contribution in [0.3, 0.4) is 0 Å². The van der Waals surface area contributed by atoms with Crippen LogP contribution in [0.4, 0.5) is 0 Å². The molecule has 6 heteroatoms. The molecule has 1 aromatic rings. The number of carbonyl (C=O) groups excluding carboxylic acids is 1. The van der Waals surface area contributed by atoms with Gasteiger partial charge in [-0.2, -0.15) is 0 Å². The van der Waals surface area contributed by atoms with Crippen molar-refractivity contribution in [2.45, 2.75) is 38.4 Å². The molecule has 0 aliphatic heterocycles. The Bertz CT molecular complexity index is 554. The van der Waals surface area contributed by atoms with Gasteiger partial charge in [0, 0.05) is 24.5 Å². The first-order chi connectivity index (χ1) is 10.5. The third-order valence-corrected chi connectivity index (χ3v) is 3.84. The molecule has 1 unspecified atom stereocenters. The molecule has 1 N–H and O–H groups in total. The zero-order valence-electron chi connectivity index (χ0n) is 13.3. The van der Waals surface area contributed by atoms with Crippen molar-refractivity contribution < 1.29 is 28.8 Å². The molecule has 0 spiro atoms. The summed E-state index contributed by atoms with van der Waals surface area (Å²) in [6.07, 6.45) is 0.455. The highest BCUT2D eigenvalue weighted by atomic mass is 16.5. The summed E-state index contributed by atoms with van der Waals surface area (Å²) >= 11 is 0. The van der Waals surface area contributed by atoms with Gasteiger partial charge in [0.25, 0.3) is 0 Å². The van der Waals surface area contributed by atoms with Crippen molar-refractivity contribution in [1.29, 1.82) is 0 Å². The lowest BCUT2D eigenvalue weighted by Gasteiger charge is -2.22. The second-order valence-electron chi connectivity index (χ2n) is 5.24. The summed E-state index contributed by atoms with van der Waals surface area (Å²) in [7, 11) is 4.64. The molecule has 22 heavy (non-hydrogen) atoms. The van der Waals surface area contributed by atoms with Crippen LogP contribution in [0.15, 0.2) is 6.07 Å². The number of aliphatic hydroxyl groups is 1. The molecule has 2 rings (SSSR count). The Morgan fingerprint density at radius 2 is 1.86 bits per heavy atom. The average molecular weight is 310 g/mol. The molecular weight excluding hydrogens is 288 g/mol. The standard InChI is InChI=1S/C16H22O6/c1-9(17)22-13-7-10(18)5-6-11-12(13)8-14(19-2)16(21-4)15(11)20-3/h8,10,13,18H,5-7H2,1-4H3/t10-,13?/m0/s1. The van der Waals surface area contributed by atoms with Crippen molar-refractivity contribution >= 4 is 5.97 Å². The van der Waals surface area contributed by atoms with Crippen LogP contribution in [-0.2, 0) is 16.0 Å². The predicted octanol–water partition coefficient (Wildman–Crippen LogP) is 2.01. The minimum absolute atomic E-state index is 0.352. The van der Waals surface area contributed by atoms with E-state index in [4.69, 9.17) is 18.9 Å². The number of hydrogen-bond acceptors (Lipinski definition) is 6. The van der Waals surface area contributed by atoms with Gasteiger partial charge in [0.05, 0.1) is 27.4 Å². The number of carbonyl (C=O) groups is 1. The number of hydrogen-bond donors (Lipinski definition) is 1. The van der Waals surface area contributed by atoms with E-state index in [-0.39, 0.29) is 5.97 Å². The maximum atomic E-state index is 11.4. The fourth-order valence-electron chi connectivity index (χ4n) is 2.89. The van der Waals surface area contributed by atoms with Crippen molar-refractivity contribution in [2.75, 3.05) is 21.3 Å². The van der Waals surface area contributed by atoms with Crippen LogP contribution in [0.25, 0.3) is 0 Å². The first-order valence-electron chi connectivity index (χ1n) is 7.18. The van der Waals surface area contributed by atoms with Gasteiger partial charge in [-0.3, -0.25) is 4.79 Å². The zero-order valence-corrected chi connectivity index (χ0v) is 13.3. The van der Waals surface area contributed by atoms with Gasteiger partial charge in [0.1, 0.15) is 6.10 Å². The number of esters is 1. The van der Waals surface area contributed by atoms with Crippen LogP contribution in [0.1, 0.15) is 37.0 Å². The monoisotopic (exact) mass is 310 g/mol. The summed E-state index contributed by atoms with van der Waals surface area (Å²) in [5, 5.41) is 10.1. The molecule has 0 saturated carbocycles. The van der Waals surface area contributed by atoms with Crippen molar-refractivity contribution in [2.24, 2.45) is 0 Å². The van der Waals surface area contributed by atoms with Gasteiger partial charge in [0.2, 0.25) is 5.75 Å². The van der Waals surface area contributed by atoms with Crippen molar-refractivity contribution in [3.63, 3.8) is 0 Å².